The minimum atomic E-state index is 0.689. The van der Waals surface area contributed by atoms with E-state index in [4.69, 9.17) is 5.73 Å². The first-order valence-corrected chi connectivity index (χ1v) is 4.32. The molecule has 1 nitrogen and oxygen atoms in total. The second kappa shape index (κ2) is 3.61. The van der Waals surface area contributed by atoms with Gasteiger partial charge in [-0.3, -0.25) is 0 Å². The molecule has 0 atom stereocenters. The Morgan fingerprint density at radius 3 is 2.45 bits per heavy atom. The summed E-state index contributed by atoms with van der Waals surface area (Å²) < 4.78 is 0. The summed E-state index contributed by atoms with van der Waals surface area (Å²) in [7, 11) is 0. The Morgan fingerprint density at radius 2 is 2.00 bits per heavy atom. The molecule has 0 radical (unpaired) electrons. The van der Waals surface area contributed by atoms with Crippen molar-refractivity contribution in [1.82, 2.24) is 0 Å². The number of hydrogen-bond acceptors (Lipinski definition) is 1. The molecule has 0 aromatic carbocycles. The van der Waals surface area contributed by atoms with Gasteiger partial charge in [-0.2, -0.15) is 0 Å². The Labute approximate surface area is 69.0 Å². The monoisotopic (exact) mass is 151 g/mol. The highest BCUT2D eigenvalue weighted by atomic mass is 14.5. The second-order valence-corrected chi connectivity index (χ2v) is 3.44. The molecule has 62 valence electrons. The van der Waals surface area contributed by atoms with Crippen LogP contribution in [0.1, 0.15) is 32.6 Å². The lowest BCUT2D eigenvalue weighted by atomic mass is 9.98. The molecule has 1 heteroatoms. The maximum atomic E-state index is 5.49. The molecular formula is C10H17N. The largest absolute Gasteiger partial charge is 0.399 e. The molecule has 0 amide bonds. The SMILES string of the molecule is C=C(N)/C=C(\C)C1CCCC1. The van der Waals surface area contributed by atoms with E-state index in [1.807, 2.05) is 6.08 Å². The predicted molar refractivity (Wildman–Crippen MR) is 49.0 cm³/mol. The highest BCUT2D eigenvalue weighted by Gasteiger charge is 2.15. The Hall–Kier alpha value is -0.720. The van der Waals surface area contributed by atoms with Gasteiger partial charge in [0.1, 0.15) is 0 Å². The van der Waals surface area contributed by atoms with Gasteiger partial charge in [0, 0.05) is 5.70 Å². The molecule has 0 aliphatic heterocycles. The van der Waals surface area contributed by atoms with Crippen LogP contribution < -0.4 is 5.73 Å². The van der Waals surface area contributed by atoms with Crippen LogP contribution in [0.15, 0.2) is 23.9 Å². The molecule has 0 saturated heterocycles. The molecule has 0 aromatic rings. The summed E-state index contributed by atoms with van der Waals surface area (Å²) in [6.07, 6.45) is 7.46. The van der Waals surface area contributed by atoms with E-state index in [0.29, 0.717) is 5.70 Å². The normalized spacial score (nSPS) is 20.6. The summed E-state index contributed by atoms with van der Waals surface area (Å²) in [6, 6.07) is 0. The van der Waals surface area contributed by atoms with E-state index in [9.17, 15) is 0 Å². The van der Waals surface area contributed by atoms with Gasteiger partial charge in [0.05, 0.1) is 0 Å². The molecular weight excluding hydrogens is 134 g/mol. The fourth-order valence-electron chi connectivity index (χ4n) is 1.79. The van der Waals surface area contributed by atoms with E-state index in [-0.39, 0.29) is 0 Å². The van der Waals surface area contributed by atoms with Crippen LogP contribution in [0.5, 0.6) is 0 Å². The lowest BCUT2D eigenvalue weighted by Crippen LogP contribution is -1.98. The number of allylic oxidation sites excluding steroid dienone is 2. The maximum Gasteiger partial charge on any atom is 0.0240 e. The third kappa shape index (κ3) is 2.41. The Bertz CT molecular complexity index is 173. The van der Waals surface area contributed by atoms with E-state index >= 15 is 0 Å². The average Bonchev–Trinajstić information content (AvgIpc) is 2.35. The van der Waals surface area contributed by atoms with Gasteiger partial charge < -0.3 is 5.73 Å². The minimum Gasteiger partial charge on any atom is -0.399 e. The van der Waals surface area contributed by atoms with Gasteiger partial charge in [0.25, 0.3) is 0 Å². The van der Waals surface area contributed by atoms with Gasteiger partial charge in [0.15, 0.2) is 0 Å². The molecule has 0 heterocycles. The number of nitrogens with two attached hydrogens (primary N) is 1. The molecule has 1 saturated carbocycles. The lowest BCUT2D eigenvalue weighted by molar-refractivity contribution is 0.642. The summed E-state index contributed by atoms with van der Waals surface area (Å²) in [5, 5.41) is 0. The quantitative estimate of drug-likeness (QED) is 0.603. The van der Waals surface area contributed by atoms with Crippen molar-refractivity contribution < 1.29 is 0 Å². The predicted octanol–water partition coefficient (Wildman–Crippen LogP) is 2.60. The zero-order valence-corrected chi connectivity index (χ0v) is 7.27. The molecule has 1 aliphatic rings. The van der Waals surface area contributed by atoms with Gasteiger partial charge in [0.2, 0.25) is 0 Å². The molecule has 0 aromatic heterocycles. The molecule has 0 bridgehead atoms. The molecule has 1 fully saturated rings. The first-order chi connectivity index (χ1) is 5.20. The fourth-order valence-corrected chi connectivity index (χ4v) is 1.79. The van der Waals surface area contributed by atoms with E-state index in [1.165, 1.54) is 31.3 Å². The van der Waals surface area contributed by atoms with E-state index in [1.54, 1.807) is 0 Å². The highest BCUT2D eigenvalue weighted by molar-refractivity contribution is 5.18. The Morgan fingerprint density at radius 1 is 1.45 bits per heavy atom. The van der Waals surface area contributed by atoms with Crippen molar-refractivity contribution in [1.29, 1.82) is 0 Å². The van der Waals surface area contributed by atoms with E-state index in [0.717, 1.165) is 5.92 Å². The standard InChI is InChI=1S/C10H17N/c1-8(7-9(2)11)10-5-3-4-6-10/h7,10H,2-6,11H2,1H3/b8-7+. The van der Waals surface area contributed by atoms with Crippen LogP contribution >= 0.6 is 0 Å². The summed E-state index contributed by atoms with van der Waals surface area (Å²) in [4.78, 5) is 0. The van der Waals surface area contributed by atoms with Crippen molar-refractivity contribution in [2.75, 3.05) is 0 Å². The first-order valence-electron chi connectivity index (χ1n) is 4.32. The van der Waals surface area contributed by atoms with Crippen LogP contribution in [0.2, 0.25) is 0 Å². The third-order valence-corrected chi connectivity index (χ3v) is 2.41. The summed E-state index contributed by atoms with van der Waals surface area (Å²) >= 11 is 0. The van der Waals surface area contributed by atoms with Gasteiger partial charge in [-0.15, -0.1) is 0 Å². The van der Waals surface area contributed by atoms with Crippen molar-refractivity contribution in [3.8, 4) is 0 Å². The van der Waals surface area contributed by atoms with E-state index in [2.05, 4.69) is 13.5 Å². The van der Waals surface area contributed by atoms with Crippen molar-refractivity contribution >= 4 is 0 Å². The van der Waals surface area contributed by atoms with Crippen molar-refractivity contribution in [3.63, 3.8) is 0 Å². The van der Waals surface area contributed by atoms with Crippen LogP contribution in [-0.2, 0) is 0 Å². The summed E-state index contributed by atoms with van der Waals surface area (Å²) in [6.45, 7) is 5.83. The Kier molecular flexibility index (Phi) is 2.75. The summed E-state index contributed by atoms with van der Waals surface area (Å²) in [5.74, 6) is 0.787. The highest BCUT2D eigenvalue weighted by Crippen LogP contribution is 2.30. The Balaban J connectivity index is 2.51. The zero-order chi connectivity index (χ0) is 8.27. The van der Waals surface area contributed by atoms with Crippen LogP contribution in [0.25, 0.3) is 0 Å². The second-order valence-electron chi connectivity index (χ2n) is 3.44. The average molecular weight is 151 g/mol. The fraction of sp³-hybridized carbons (Fsp3) is 0.600. The van der Waals surface area contributed by atoms with Gasteiger partial charge in [-0.25, -0.2) is 0 Å². The van der Waals surface area contributed by atoms with E-state index < -0.39 is 0 Å². The van der Waals surface area contributed by atoms with Crippen LogP contribution in [-0.4, -0.2) is 0 Å². The minimum absolute atomic E-state index is 0.689. The molecule has 0 unspecified atom stereocenters. The molecule has 11 heavy (non-hydrogen) atoms. The lowest BCUT2D eigenvalue weighted by Gasteiger charge is -2.08. The topological polar surface area (TPSA) is 26.0 Å². The van der Waals surface area contributed by atoms with Crippen LogP contribution in [0, 0.1) is 5.92 Å². The van der Waals surface area contributed by atoms with Crippen molar-refractivity contribution in [3.05, 3.63) is 23.9 Å². The van der Waals surface area contributed by atoms with Gasteiger partial charge in [-0.05, 0) is 31.8 Å². The molecule has 1 rings (SSSR count). The first kappa shape index (κ1) is 8.38. The molecule has 1 aliphatic carbocycles. The van der Waals surface area contributed by atoms with Crippen molar-refractivity contribution in [2.24, 2.45) is 11.7 Å². The maximum absolute atomic E-state index is 5.49. The van der Waals surface area contributed by atoms with Crippen LogP contribution in [0.4, 0.5) is 0 Å². The zero-order valence-electron chi connectivity index (χ0n) is 7.27. The molecule has 0 spiro atoms. The smallest absolute Gasteiger partial charge is 0.0240 e. The third-order valence-electron chi connectivity index (χ3n) is 2.41. The molecule has 2 N–H and O–H groups in total. The summed E-state index contributed by atoms with van der Waals surface area (Å²) in [5.41, 5.74) is 7.59. The number of hydrogen-bond donors (Lipinski definition) is 1. The number of rotatable bonds is 2. The van der Waals surface area contributed by atoms with Gasteiger partial charge >= 0.3 is 0 Å². The van der Waals surface area contributed by atoms with Crippen LogP contribution in [0.3, 0.4) is 0 Å². The van der Waals surface area contributed by atoms with Gasteiger partial charge in [-0.1, -0.05) is 25.0 Å². The van der Waals surface area contributed by atoms with Crippen molar-refractivity contribution in [2.45, 2.75) is 32.6 Å².